The van der Waals surface area contributed by atoms with Crippen LogP contribution in [0.5, 0.6) is 23.0 Å². The van der Waals surface area contributed by atoms with Crippen LogP contribution in [0.1, 0.15) is 26.9 Å². The number of carbonyl (C=O) groups excluding carboxylic acids is 2. The van der Waals surface area contributed by atoms with E-state index < -0.39 is 6.04 Å². The van der Waals surface area contributed by atoms with Crippen LogP contribution in [0.4, 0.5) is 0 Å². The fourth-order valence-electron chi connectivity index (χ4n) is 4.18. The third-order valence-electron chi connectivity index (χ3n) is 5.76. The molecule has 9 heteroatoms. The van der Waals surface area contributed by atoms with E-state index >= 15 is 0 Å². The number of nitrogens with zero attached hydrogens (tertiary/aromatic N) is 1. The summed E-state index contributed by atoms with van der Waals surface area (Å²) in [6.45, 7) is 0.451. The number of fused-ring (bicyclic) bond motifs is 3. The summed E-state index contributed by atoms with van der Waals surface area (Å²) in [4.78, 5) is 27.9. The summed E-state index contributed by atoms with van der Waals surface area (Å²) in [5.74, 6) is 2.41. The Kier molecular flexibility index (Phi) is 6.36. The Bertz CT molecular complexity index is 1040. The SMILES string of the molecule is COc1ccc(CCNC(=O)[C@@H]2CSC3c4ccc(OC)c(OC)c4C(=O)N32)cc1OC. The van der Waals surface area contributed by atoms with Gasteiger partial charge in [0, 0.05) is 17.9 Å². The minimum Gasteiger partial charge on any atom is -0.493 e. The minimum atomic E-state index is -0.536. The van der Waals surface area contributed by atoms with Gasteiger partial charge in [-0.25, -0.2) is 0 Å². The van der Waals surface area contributed by atoms with Gasteiger partial charge in [0.15, 0.2) is 23.0 Å². The smallest absolute Gasteiger partial charge is 0.260 e. The van der Waals surface area contributed by atoms with Crippen molar-refractivity contribution < 1.29 is 28.5 Å². The molecule has 4 rings (SSSR count). The normalized spacial score (nSPS) is 18.8. The van der Waals surface area contributed by atoms with Crippen molar-refractivity contribution in [3.63, 3.8) is 0 Å². The lowest BCUT2D eigenvalue weighted by Gasteiger charge is -2.22. The highest BCUT2D eigenvalue weighted by Gasteiger charge is 2.50. The second kappa shape index (κ2) is 9.20. The molecule has 2 heterocycles. The third-order valence-corrected chi connectivity index (χ3v) is 7.06. The molecule has 170 valence electrons. The molecule has 32 heavy (non-hydrogen) atoms. The summed E-state index contributed by atoms with van der Waals surface area (Å²) in [5.41, 5.74) is 2.36. The van der Waals surface area contributed by atoms with Crippen LogP contribution in [0.15, 0.2) is 30.3 Å². The van der Waals surface area contributed by atoms with Crippen LogP contribution in [-0.2, 0) is 11.2 Å². The highest BCUT2D eigenvalue weighted by Crippen LogP contribution is 2.52. The fraction of sp³-hybridized carbons (Fsp3) is 0.391. The van der Waals surface area contributed by atoms with E-state index in [1.165, 1.54) is 14.2 Å². The molecule has 1 saturated heterocycles. The summed E-state index contributed by atoms with van der Waals surface area (Å²) in [5, 5.41) is 2.78. The van der Waals surface area contributed by atoms with Gasteiger partial charge in [0.25, 0.3) is 5.91 Å². The highest BCUT2D eigenvalue weighted by atomic mass is 32.2. The first-order chi connectivity index (χ1) is 15.5. The summed E-state index contributed by atoms with van der Waals surface area (Å²) in [6, 6.07) is 8.82. The van der Waals surface area contributed by atoms with Gasteiger partial charge in [-0.05, 0) is 30.2 Å². The average Bonchev–Trinajstić information content (AvgIpc) is 3.38. The molecule has 2 aliphatic rings. The van der Waals surface area contributed by atoms with Gasteiger partial charge in [0.2, 0.25) is 5.91 Å². The number of ether oxygens (including phenoxy) is 4. The number of carbonyl (C=O) groups is 2. The number of methoxy groups -OCH3 is 4. The van der Waals surface area contributed by atoms with E-state index in [0.717, 1.165) is 11.1 Å². The molecule has 2 aliphatic heterocycles. The number of benzene rings is 2. The molecule has 1 N–H and O–H groups in total. The van der Waals surface area contributed by atoms with Crippen LogP contribution in [0.2, 0.25) is 0 Å². The van der Waals surface area contributed by atoms with Crippen molar-refractivity contribution in [1.29, 1.82) is 0 Å². The van der Waals surface area contributed by atoms with E-state index in [9.17, 15) is 9.59 Å². The Morgan fingerprint density at radius 1 is 1.03 bits per heavy atom. The topological polar surface area (TPSA) is 86.3 Å². The second-order valence-corrected chi connectivity index (χ2v) is 8.52. The number of hydrogen-bond acceptors (Lipinski definition) is 7. The summed E-state index contributed by atoms with van der Waals surface area (Å²) in [6.07, 6.45) is 0.634. The Morgan fingerprint density at radius 3 is 2.44 bits per heavy atom. The Hall–Kier alpha value is -3.07. The van der Waals surface area contributed by atoms with Crippen LogP contribution in [-0.4, -0.2) is 63.5 Å². The van der Waals surface area contributed by atoms with E-state index in [2.05, 4.69) is 5.32 Å². The predicted molar refractivity (Wildman–Crippen MR) is 121 cm³/mol. The van der Waals surface area contributed by atoms with E-state index in [1.807, 2.05) is 24.3 Å². The first-order valence-electron chi connectivity index (χ1n) is 10.2. The minimum absolute atomic E-state index is 0.160. The summed E-state index contributed by atoms with van der Waals surface area (Å²) in [7, 11) is 6.23. The Balaban J connectivity index is 1.43. The Labute approximate surface area is 191 Å². The van der Waals surface area contributed by atoms with Crippen LogP contribution in [0.3, 0.4) is 0 Å². The molecule has 2 atom stereocenters. The van der Waals surface area contributed by atoms with E-state index in [4.69, 9.17) is 18.9 Å². The lowest BCUT2D eigenvalue weighted by molar-refractivity contribution is -0.124. The molecule has 1 fully saturated rings. The fourth-order valence-corrected chi connectivity index (χ4v) is 5.63. The maximum atomic E-state index is 13.2. The van der Waals surface area contributed by atoms with E-state index in [0.29, 0.717) is 47.3 Å². The van der Waals surface area contributed by atoms with Gasteiger partial charge in [-0.2, -0.15) is 0 Å². The standard InChI is InChI=1S/C23H26N2O6S/c1-28-16-7-5-13(11-18(16)30-3)9-10-24-21(26)15-12-32-23-14-6-8-17(29-2)20(31-4)19(14)22(27)25(15)23/h5-8,11,15,23H,9-10,12H2,1-4H3,(H,24,26)/t15-,23?/m0/s1. The molecule has 0 spiro atoms. The molecular weight excluding hydrogens is 432 g/mol. The number of thioether (sulfide) groups is 1. The molecule has 8 nitrogen and oxygen atoms in total. The van der Waals surface area contributed by atoms with Crippen LogP contribution in [0.25, 0.3) is 0 Å². The van der Waals surface area contributed by atoms with Crippen molar-refractivity contribution in [2.24, 2.45) is 0 Å². The monoisotopic (exact) mass is 458 g/mol. The van der Waals surface area contributed by atoms with Crippen molar-refractivity contribution in [2.75, 3.05) is 40.7 Å². The summed E-state index contributed by atoms with van der Waals surface area (Å²) < 4.78 is 21.4. The molecule has 1 unspecified atom stereocenters. The maximum absolute atomic E-state index is 13.2. The van der Waals surface area contributed by atoms with Gasteiger partial charge < -0.3 is 29.2 Å². The van der Waals surface area contributed by atoms with Crippen molar-refractivity contribution in [1.82, 2.24) is 10.2 Å². The zero-order valence-corrected chi connectivity index (χ0v) is 19.3. The van der Waals surface area contributed by atoms with E-state index in [1.54, 1.807) is 36.9 Å². The highest BCUT2D eigenvalue weighted by molar-refractivity contribution is 7.99. The molecular formula is C23H26N2O6S. The van der Waals surface area contributed by atoms with Gasteiger partial charge in [0.05, 0.1) is 34.0 Å². The number of amides is 2. The largest absolute Gasteiger partial charge is 0.493 e. The van der Waals surface area contributed by atoms with Crippen LogP contribution >= 0.6 is 11.8 Å². The van der Waals surface area contributed by atoms with Crippen molar-refractivity contribution >= 4 is 23.6 Å². The van der Waals surface area contributed by atoms with E-state index in [-0.39, 0.29) is 17.2 Å². The maximum Gasteiger partial charge on any atom is 0.260 e. The van der Waals surface area contributed by atoms with Crippen LogP contribution in [0, 0.1) is 0 Å². The summed E-state index contributed by atoms with van der Waals surface area (Å²) >= 11 is 1.58. The second-order valence-electron chi connectivity index (χ2n) is 7.41. The first kappa shape index (κ1) is 22.1. The van der Waals surface area contributed by atoms with Crippen molar-refractivity contribution in [3.05, 3.63) is 47.0 Å². The molecule has 0 aromatic heterocycles. The Morgan fingerprint density at radius 2 is 1.75 bits per heavy atom. The van der Waals surface area contributed by atoms with Gasteiger partial charge >= 0.3 is 0 Å². The molecule has 2 amide bonds. The number of hydrogen-bond donors (Lipinski definition) is 1. The first-order valence-corrected chi connectivity index (χ1v) is 11.3. The molecule has 2 aromatic rings. The molecule has 0 bridgehead atoms. The van der Waals surface area contributed by atoms with Gasteiger partial charge in [-0.3, -0.25) is 9.59 Å². The van der Waals surface area contributed by atoms with Crippen LogP contribution < -0.4 is 24.3 Å². The van der Waals surface area contributed by atoms with Crippen molar-refractivity contribution in [2.45, 2.75) is 17.8 Å². The molecule has 0 radical (unpaired) electrons. The quantitative estimate of drug-likeness (QED) is 0.651. The molecule has 2 aromatic carbocycles. The zero-order valence-electron chi connectivity index (χ0n) is 18.5. The zero-order chi connectivity index (χ0) is 22.8. The molecule has 0 saturated carbocycles. The number of rotatable bonds is 8. The lowest BCUT2D eigenvalue weighted by Crippen LogP contribution is -2.46. The van der Waals surface area contributed by atoms with Gasteiger partial charge in [-0.1, -0.05) is 12.1 Å². The number of nitrogens with one attached hydrogen (secondary N) is 1. The third kappa shape index (κ3) is 3.70. The van der Waals surface area contributed by atoms with Gasteiger partial charge in [0.1, 0.15) is 11.4 Å². The lowest BCUT2D eigenvalue weighted by atomic mass is 10.1. The predicted octanol–water partition coefficient (Wildman–Crippen LogP) is 2.65. The van der Waals surface area contributed by atoms with Crippen molar-refractivity contribution in [3.8, 4) is 23.0 Å². The van der Waals surface area contributed by atoms with Gasteiger partial charge in [-0.15, -0.1) is 11.8 Å². The average molecular weight is 459 g/mol. The molecule has 0 aliphatic carbocycles.